The summed E-state index contributed by atoms with van der Waals surface area (Å²) in [5, 5.41) is 50.6. The number of ether oxygens (including phenoxy) is 1. The Morgan fingerprint density at radius 1 is 1.29 bits per heavy atom. The fourth-order valence-corrected chi connectivity index (χ4v) is 4.63. The normalized spacial score (nSPS) is 57.0. The van der Waals surface area contributed by atoms with Gasteiger partial charge in [0, 0.05) is 5.92 Å². The second-order valence-electron chi connectivity index (χ2n) is 6.90. The summed E-state index contributed by atoms with van der Waals surface area (Å²) in [6.07, 6.45) is -2.74. The molecule has 0 spiro atoms. The fourth-order valence-electron chi connectivity index (χ4n) is 4.63. The monoisotopic (exact) mass is 300 g/mol. The van der Waals surface area contributed by atoms with Gasteiger partial charge in [0.1, 0.15) is 5.60 Å². The first-order valence-electron chi connectivity index (χ1n) is 7.51. The van der Waals surface area contributed by atoms with Gasteiger partial charge >= 0.3 is 0 Å². The van der Waals surface area contributed by atoms with E-state index in [1.807, 2.05) is 6.92 Å². The summed E-state index contributed by atoms with van der Waals surface area (Å²) in [5.74, 6) is -1.02. The molecule has 1 saturated heterocycles. The van der Waals surface area contributed by atoms with Crippen LogP contribution < -0.4 is 0 Å². The van der Waals surface area contributed by atoms with Gasteiger partial charge in [-0.1, -0.05) is 19.1 Å². The molecule has 0 aromatic carbocycles. The first-order chi connectivity index (χ1) is 9.81. The molecule has 6 nitrogen and oxygen atoms in total. The highest BCUT2D eigenvalue weighted by Crippen LogP contribution is 2.54. The lowest BCUT2D eigenvalue weighted by Crippen LogP contribution is -2.52. The van der Waals surface area contributed by atoms with E-state index in [-0.39, 0.29) is 24.2 Å². The Morgan fingerprint density at radius 3 is 2.57 bits per heavy atom. The molecule has 21 heavy (non-hydrogen) atoms. The van der Waals surface area contributed by atoms with Crippen LogP contribution in [0, 0.1) is 23.7 Å². The van der Waals surface area contributed by atoms with Crippen molar-refractivity contribution in [2.75, 3.05) is 6.61 Å². The van der Waals surface area contributed by atoms with Crippen LogP contribution in [0.15, 0.2) is 12.2 Å². The zero-order valence-electron chi connectivity index (χ0n) is 12.1. The van der Waals surface area contributed by atoms with Gasteiger partial charge in [0.15, 0.2) is 6.29 Å². The minimum Gasteiger partial charge on any atom is -0.393 e. The van der Waals surface area contributed by atoms with Crippen molar-refractivity contribution < 1.29 is 30.3 Å². The molecule has 120 valence electrons. The van der Waals surface area contributed by atoms with Crippen LogP contribution in [0.1, 0.15) is 19.8 Å². The molecule has 3 aliphatic rings. The molecule has 6 heteroatoms. The third-order valence-electron chi connectivity index (χ3n) is 5.86. The van der Waals surface area contributed by atoms with E-state index in [0.717, 1.165) is 5.57 Å². The fraction of sp³-hybridized carbons (Fsp3) is 0.867. The van der Waals surface area contributed by atoms with Crippen LogP contribution in [0.4, 0.5) is 0 Å². The molecule has 5 N–H and O–H groups in total. The van der Waals surface area contributed by atoms with Crippen molar-refractivity contribution in [1.29, 1.82) is 0 Å². The summed E-state index contributed by atoms with van der Waals surface area (Å²) in [5.41, 5.74) is -1.05. The van der Waals surface area contributed by atoms with Crippen molar-refractivity contribution in [3.8, 4) is 0 Å². The number of hydrogen-bond donors (Lipinski definition) is 5. The van der Waals surface area contributed by atoms with E-state index in [0.29, 0.717) is 6.42 Å². The summed E-state index contributed by atoms with van der Waals surface area (Å²) in [6.45, 7) is 5.24. The van der Waals surface area contributed by atoms with Gasteiger partial charge in [-0.3, -0.25) is 0 Å². The second kappa shape index (κ2) is 5.01. The molecule has 0 amide bonds. The zero-order chi connectivity index (χ0) is 15.5. The Labute approximate surface area is 123 Å². The van der Waals surface area contributed by atoms with Gasteiger partial charge in [-0.15, -0.1) is 0 Å². The van der Waals surface area contributed by atoms with E-state index in [1.54, 1.807) is 0 Å². The zero-order valence-corrected chi connectivity index (χ0v) is 12.1. The maximum Gasteiger partial charge on any atom is 0.186 e. The molecule has 0 aromatic heterocycles. The van der Waals surface area contributed by atoms with Crippen LogP contribution in [0.25, 0.3) is 0 Å². The highest BCUT2D eigenvalue weighted by Gasteiger charge is 2.63. The summed E-state index contributed by atoms with van der Waals surface area (Å²) in [7, 11) is 0. The van der Waals surface area contributed by atoms with E-state index < -0.39 is 42.7 Å². The molecule has 0 radical (unpaired) electrons. The molecule has 0 aromatic rings. The molecular formula is C15H24O6. The lowest BCUT2D eigenvalue weighted by atomic mass is 9.75. The van der Waals surface area contributed by atoms with Crippen molar-refractivity contribution in [2.45, 2.75) is 50.0 Å². The Morgan fingerprint density at radius 2 is 1.95 bits per heavy atom. The summed E-state index contributed by atoms with van der Waals surface area (Å²) >= 11 is 0. The maximum absolute atomic E-state index is 10.5. The maximum atomic E-state index is 10.5. The predicted octanol–water partition coefficient (Wildman–Crippen LogP) is -1.00. The molecule has 9 unspecified atom stereocenters. The number of aliphatic hydroxyl groups is 5. The standard InChI is InChI=1S/C15H24O6/c1-6-3-10(18)12-13(21-14(19)15(12,20)5-16)11-7(2)9(17)4-8(6)11/h7-14,16-20H,1,3-5H2,2H3. The van der Waals surface area contributed by atoms with Crippen molar-refractivity contribution in [2.24, 2.45) is 23.7 Å². The topological polar surface area (TPSA) is 110 Å². The molecule has 3 rings (SSSR count). The number of aliphatic hydroxyl groups excluding tert-OH is 4. The first kappa shape index (κ1) is 15.4. The van der Waals surface area contributed by atoms with E-state index in [1.165, 1.54) is 0 Å². The van der Waals surface area contributed by atoms with Crippen molar-refractivity contribution >= 4 is 0 Å². The van der Waals surface area contributed by atoms with Gasteiger partial charge in [0.25, 0.3) is 0 Å². The average molecular weight is 300 g/mol. The molecule has 2 aliphatic carbocycles. The third-order valence-corrected chi connectivity index (χ3v) is 5.86. The Kier molecular flexibility index (Phi) is 3.67. The lowest BCUT2D eigenvalue weighted by Gasteiger charge is -2.34. The minimum absolute atomic E-state index is 0.00658. The summed E-state index contributed by atoms with van der Waals surface area (Å²) < 4.78 is 5.54. The molecule has 1 aliphatic heterocycles. The molecule has 0 bridgehead atoms. The van der Waals surface area contributed by atoms with Crippen LogP contribution in [-0.2, 0) is 4.74 Å². The van der Waals surface area contributed by atoms with Crippen molar-refractivity contribution in [1.82, 2.24) is 0 Å². The molecule has 3 fully saturated rings. The summed E-state index contributed by atoms with van der Waals surface area (Å²) in [6, 6.07) is 0. The molecule has 2 saturated carbocycles. The van der Waals surface area contributed by atoms with Crippen LogP contribution in [-0.4, -0.2) is 62.3 Å². The Hall–Kier alpha value is -0.500. The number of rotatable bonds is 1. The second-order valence-corrected chi connectivity index (χ2v) is 6.90. The van der Waals surface area contributed by atoms with E-state index >= 15 is 0 Å². The van der Waals surface area contributed by atoms with Crippen molar-refractivity contribution in [3.05, 3.63) is 12.2 Å². The van der Waals surface area contributed by atoms with E-state index in [2.05, 4.69) is 6.58 Å². The van der Waals surface area contributed by atoms with Gasteiger partial charge < -0.3 is 30.3 Å². The van der Waals surface area contributed by atoms with Crippen LogP contribution in [0.2, 0.25) is 0 Å². The van der Waals surface area contributed by atoms with E-state index in [4.69, 9.17) is 4.74 Å². The van der Waals surface area contributed by atoms with Crippen molar-refractivity contribution in [3.63, 3.8) is 0 Å². The highest BCUT2D eigenvalue weighted by molar-refractivity contribution is 5.19. The summed E-state index contributed by atoms with van der Waals surface area (Å²) in [4.78, 5) is 0. The Balaban J connectivity index is 2.03. The predicted molar refractivity (Wildman–Crippen MR) is 72.9 cm³/mol. The third kappa shape index (κ3) is 2.01. The number of hydrogen-bond acceptors (Lipinski definition) is 6. The van der Waals surface area contributed by atoms with Gasteiger partial charge in [0.2, 0.25) is 0 Å². The molecule has 1 heterocycles. The number of fused-ring (bicyclic) bond motifs is 3. The highest BCUT2D eigenvalue weighted by atomic mass is 16.6. The smallest absolute Gasteiger partial charge is 0.186 e. The van der Waals surface area contributed by atoms with Crippen LogP contribution in [0.3, 0.4) is 0 Å². The quantitative estimate of drug-likeness (QED) is 0.397. The average Bonchev–Trinajstić information content (AvgIpc) is 2.82. The lowest BCUT2D eigenvalue weighted by molar-refractivity contribution is -0.193. The van der Waals surface area contributed by atoms with E-state index in [9.17, 15) is 25.5 Å². The first-order valence-corrected chi connectivity index (χ1v) is 7.51. The largest absolute Gasteiger partial charge is 0.393 e. The van der Waals surface area contributed by atoms with Gasteiger partial charge in [-0.25, -0.2) is 0 Å². The van der Waals surface area contributed by atoms with Gasteiger partial charge in [-0.2, -0.15) is 0 Å². The SMILES string of the molecule is C=C1CC(O)C2C(OC(O)C2(O)CO)C2C1CC(O)C2C. The Bertz CT molecular complexity index is 440. The van der Waals surface area contributed by atoms with Gasteiger partial charge in [-0.05, 0) is 30.6 Å². The van der Waals surface area contributed by atoms with Crippen LogP contribution in [0.5, 0.6) is 0 Å². The minimum atomic E-state index is -1.88. The molecular weight excluding hydrogens is 276 g/mol. The van der Waals surface area contributed by atoms with Crippen LogP contribution >= 0.6 is 0 Å². The molecule has 9 atom stereocenters. The van der Waals surface area contributed by atoms with Gasteiger partial charge in [0.05, 0.1) is 24.9 Å².